The molecule has 1 aromatic heterocycles. The summed E-state index contributed by atoms with van der Waals surface area (Å²) in [6, 6.07) is 13.3. The third-order valence-corrected chi connectivity index (χ3v) is 5.45. The average molecular weight is 331 g/mol. The Labute approximate surface area is 129 Å². The van der Waals surface area contributed by atoms with Gasteiger partial charge in [0.2, 0.25) is 5.69 Å². The van der Waals surface area contributed by atoms with Crippen LogP contribution < -0.4 is 4.57 Å². The van der Waals surface area contributed by atoms with E-state index in [1.54, 1.807) is 0 Å². The molecule has 0 radical (unpaired) electrons. The molecule has 0 bridgehead atoms. The third-order valence-electron chi connectivity index (χ3n) is 4.95. The highest BCUT2D eigenvalue weighted by Crippen LogP contribution is 2.42. The molecule has 0 amide bonds. The molecule has 3 rings (SSSR count). The maximum absolute atomic E-state index is 3.64. The van der Waals surface area contributed by atoms with Crippen LogP contribution in [-0.4, -0.2) is 0 Å². The van der Waals surface area contributed by atoms with Crippen LogP contribution in [0.15, 0.2) is 47.1 Å². The summed E-state index contributed by atoms with van der Waals surface area (Å²) < 4.78 is 3.56. The molecule has 20 heavy (non-hydrogen) atoms. The minimum Gasteiger partial charge on any atom is -0.198 e. The summed E-state index contributed by atoms with van der Waals surface area (Å²) in [5.74, 6) is 0. The molecule has 0 unspecified atom stereocenters. The van der Waals surface area contributed by atoms with Crippen LogP contribution in [0.2, 0.25) is 0 Å². The molecular formula is C18H21BrN+. The molecule has 2 aromatic rings. The van der Waals surface area contributed by atoms with Crippen LogP contribution in [0, 0.1) is 0 Å². The number of benzene rings is 1. The minimum atomic E-state index is 0.308. The predicted molar refractivity (Wildman–Crippen MR) is 86.7 cm³/mol. The van der Waals surface area contributed by atoms with Gasteiger partial charge in [0.25, 0.3) is 0 Å². The maximum atomic E-state index is 3.64. The second kappa shape index (κ2) is 5.33. The second-order valence-corrected chi connectivity index (χ2v) is 6.62. The van der Waals surface area contributed by atoms with Crippen molar-refractivity contribution in [2.24, 2.45) is 0 Å². The van der Waals surface area contributed by atoms with E-state index < -0.39 is 0 Å². The van der Waals surface area contributed by atoms with Crippen molar-refractivity contribution < 1.29 is 4.57 Å². The molecule has 0 atom stereocenters. The summed E-state index contributed by atoms with van der Waals surface area (Å²) in [7, 11) is 0. The van der Waals surface area contributed by atoms with Gasteiger partial charge < -0.3 is 0 Å². The summed E-state index contributed by atoms with van der Waals surface area (Å²) in [6.07, 6.45) is 5.83. The Bertz CT molecular complexity index is 629. The van der Waals surface area contributed by atoms with Crippen molar-refractivity contribution in [3.05, 3.63) is 52.6 Å². The van der Waals surface area contributed by atoms with E-state index in [1.165, 1.54) is 36.1 Å². The fraction of sp³-hybridized carbons (Fsp3) is 0.389. The number of hydrogen-bond acceptors (Lipinski definition) is 0. The number of halogens is 1. The summed E-state index contributed by atoms with van der Waals surface area (Å²) in [6.45, 7) is 5.76. The number of hydrogen-bond donors (Lipinski definition) is 0. The van der Waals surface area contributed by atoms with Gasteiger partial charge in [-0.05, 0) is 36.6 Å². The van der Waals surface area contributed by atoms with Crippen molar-refractivity contribution in [1.29, 1.82) is 0 Å². The largest absolute Gasteiger partial charge is 0.212 e. The van der Waals surface area contributed by atoms with Crippen LogP contribution in [0.5, 0.6) is 0 Å². The Kier molecular flexibility index (Phi) is 3.68. The minimum absolute atomic E-state index is 0.308. The third kappa shape index (κ3) is 2.10. The highest BCUT2D eigenvalue weighted by atomic mass is 79.9. The van der Waals surface area contributed by atoms with Crippen LogP contribution in [0.25, 0.3) is 11.3 Å². The first-order chi connectivity index (χ1) is 9.70. The van der Waals surface area contributed by atoms with Gasteiger partial charge in [0.05, 0.1) is 5.56 Å². The number of rotatable bonds is 2. The fourth-order valence-electron chi connectivity index (χ4n) is 3.56. The summed E-state index contributed by atoms with van der Waals surface area (Å²) in [5, 5.41) is 0. The molecule has 2 heterocycles. The Morgan fingerprint density at radius 1 is 1.15 bits per heavy atom. The standard InChI is InChI=1S/C18H21BrN/c1-3-18(4-2)10-12-20-11-6-5-7-17(20)15-13-14(19)8-9-16(15)18/h5-9,11,13H,3-4,10,12H2,1-2H3/q+1. The van der Waals surface area contributed by atoms with Crippen LogP contribution in [-0.2, 0) is 12.0 Å². The molecule has 0 saturated carbocycles. The van der Waals surface area contributed by atoms with Gasteiger partial charge in [-0.25, -0.2) is 0 Å². The molecule has 0 spiro atoms. The second-order valence-electron chi connectivity index (χ2n) is 5.71. The number of fused-ring (bicyclic) bond motifs is 3. The predicted octanol–water partition coefficient (Wildman–Crippen LogP) is 4.87. The van der Waals surface area contributed by atoms with Gasteiger partial charge in [-0.2, -0.15) is 4.57 Å². The topological polar surface area (TPSA) is 3.88 Å². The molecule has 0 aliphatic carbocycles. The van der Waals surface area contributed by atoms with Gasteiger partial charge in [0.15, 0.2) is 6.20 Å². The summed E-state index contributed by atoms with van der Waals surface area (Å²) in [4.78, 5) is 0. The molecule has 1 aliphatic heterocycles. The quantitative estimate of drug-likeness (QED) is 0.692. The lowest BCUT2D eigenvalue weighted by atomic mass is 9.72. The van der Waals surface area contributed by atoms with Gasteiger partial charge in [-0.15, -0.1) is 0 Å². The highest BCUT2D eigenvalue weighted by molar-refractivity contribution is 9.10. The zero-order valence-corrected chi connectivity index (χ0v) is 13.8. The Morgan fingerprint density at radius 3 is 2.70 bits per heavy atom. The molecule has 2 heteroatoms. The van der Waals surface area contributed by atoms with Gasteiger partial charge in [0, 0.05) is 28.4 Å². The van der Waals surface area contributed by atoms with Crippen LogP contribution >= 0.6 is 15.9 Å². The van der Waals surface area contributed by atoms with Crippen molar-refractivity contribution in [3.8, 4) is 11.3 Å². The van der Waals surface area contributed by atoms with E-state index in [2.05, 4.69) is 76.9 Å². The molecule has 104 valence electrons. The maximum Gasteiger partial charge on any atom is 0.212 e. The van der Waals surface area contributed by atoms with Gasteiger partial charge in [-0.3, -0.25) is 0 Å². The first kappa shape index (κ1) is 13.8. The van der Waals surface area contributed by atoms with Crippen molar-refractivity contribution in [3.63, 3.8) is 0 Å². The van der Waals surface area contributed by atoms with Gasteiger partial charge >= 0.3 is 0 Å². The van der Waals surface area contributed by atoms with Crippen molar-refractivity contribution in [1.82, 2.24) is 0 Å². The lowest BCUT2D eigenvalue weighted by Gasteiger charge is -2.31. The zero-order chi connectivity index (χ0) is 14.2. The SMILES string of the molecule is CCC1(CC)CC[n+]2ccccc2-c2cc(Br)ccc21. The smallest absolute Gasteiger partial charge is 0.198 e. The molecular weight excluding hydrogens is 310 g/mol. The first-order valence-electron chi connectivity index (χ1n) is 7.49. The van der Waals surface area contributed by atoms with Crippen LogP contribution in [0.1, 0.15) is 38.7 Å². The Hall–Kier alpha value is -1.15. The number of pyridine rings is 1. The highest BCUT2D eigenvalue weighted by Gasteiger charge is 2.36. The van der Waals surface area contributed by atoms with Gasteiger partial charge in [0.1, 0.15) is 6.54 Å². The monoisotopic (exact) mass is 330 g/mol. The average Bonchev–Trinajstić information content (AvgIpc) is 2.63. The van der Waals surface area contributed by atoms with Crippen LogP contribution in [0.4, 0.5) is 0 Å². The Balaban J connectivity index is 2.30. The Morgan fingerprint density at radius 2 is 1.95 bits per heavy atom. The molecule has 0 fully saturated rings. The van der Waals surface area contributed by atoms with Gasteiger partial charge in [-0.1, -0.05) is 35.8 Å². The van der Waals surface area contributed by atoms with E-state index in [-0.39, 0.29) is 0 Å². The molecule has 0 saturated heterocycles. The summed E-state index contributed by atoms with van der Waals surface area (Å²) in [5.41, 5.74) is 4.55. The fourth-order valence-corrected chi connectivity index (χ4v) is 3.92. The number of aryl methyl sites for hydroxylation is 1. The van der Waals surface area contributed by atoms with E-state index in [0.717, 1.165) is 11.0 Å². The van der Waals surface area contributed by atoms with E-state index in [4.69, 9.17) is 0 Å². The summed E-state index contributed by atoms with van der Waals surface area (Å²) >= 11 is 3.64. The zero-order valence-electron chi connectivity index (χ0n) is 12.2. The van der Waals surface area contributed by atoms with E-state index in [9.17, 15) is 0 Å². The first-order valence-corrected chi connectivity index (χ1v) is 8.28. The van der Waals surface area contributed by atoms with Crippen molar-refractivity contribution >= 4 is 15.9 Å². The molecule has 1 aromatic carbocycles. The molecule has 1 nitrogen and oxygen atoms in total. The number of nitrogens with zero attached hydrogens (tertiary/aromatic N) is 1. The molecule has 0 N–H and O–H groups in total. The van der Waals surface area contributed by atoms with E-state index >= 15 is 0 Å². The normalized spacial score (nSPS) is 16.1. The van der Waals surface area contributed by atoms with Crippen LogP contribution in [0.3, 0.4) is 0 Å². The lowest BCUT2D eigenvalue weighted by molar-refractivity contribution is -0.687. The van der Waals surface area contributed by atoms with E-state index in [1.807, 2.05) is 0 Å². The van der Waals surface area contributed by atoms with E-state index in [0.29, 0.717) is 5.41 Å². The number of aromatic nitrogens is 1. The molecule has 1 aliphatic rings. The van der Waals surface area contributed by atoms with Crippen molar-refractivity contribution in [2.45, 2.75) is 45.1 Å². The lowest BCUT2D eigenvalue weighted by Crippen LogP contribution is -2.36. The van der Waals surface area contributed by atoms with Crippen molar-refractivity contribution in [2.75, 3.05) is 0 Å².